The third kappa shape index (κ3) is 5.03. The zero-order chi connectivity index (χ0) is 13.0. The number of carbonyl (C=O) groups is 2. The van der Waals surface area contributed by atoms with Gasteiger partial charge < -0.3 is 0 Å². The molecule has 1 aromatic rings. The molecule has 0 aliphatic heterocycles. The normalized spacial score (nSPS) is 10.7. The number of rotatable bonds is 3. The third-order valence-corrected chi connectivity index (χ3v) is 5.68. The summed E-state index contributed by atoms with van der Waals surface area (Å²) in [6.45, 7) is 4.53. The Labute approximate surface area is 116 Å². The molecule has 17 heavy (non-hydrogen) atoms. The molecule has 0 bridgehead atoms. The van der Waals surface area contributed by atoms with Gasteiger partial charge in [0.2, 0.25) is 0 Å². The fourth-order valence-electron chi connectivity index (χ4n) is 1.08. The summed E-state index contributed by atoms with van der Waals surface area (Å²) in [5.41, 5.74) is 1.01. The van der Waals surface area contributed by atoms with Crippen LogP contribution in [0.4, 0.5) is 0 Å². The Kier molecular flexibility index (Phi) is 5.38. The molecule has 6 heteroatoms. The van der Waals surface area contributed by atoms with Crippen molar-refractivity contribution in [1.29, 1.82) is 0 Å². The van der Waals surface area contributed by atoms with E-state index in [1.54, 1.807) is 0 Å². The molecule has 0 saturated heterocycles. The predicted molar refractivity (Wildman–Crippen MR) is 75.1 cm³/mol. The first-order chi connectivity index (χ1) is 7.88. The summed E-state index contributed by atoms with van der Waals surface area (Å²) < 4.78 is 11.9. The van der Waals surface area contributed by atoms with Gasteiger partial charge in [0.1, 0.15) is 0 Å². The van der Waals surface area contributed by atoms with Crippen LogP contribution in [-0.2, 0) is 15.7 Å². The molecule has 0 radical (unpaired) electrons. The van der Waals surface area contributed by atoms with E-state index in [1.807, 2.05) is 25.1 Å². The van der Waals surface area contributed by atoms with Crippen LogP contribution in [-0.4, -0.2) is 11.9 Å². The van der Waals surface area contributed by atoms with Crippen LogP contribution in [0.25, 0.3) is 0 Å². The number of hydrogen-bond donors (Lipinski definition) is 0. The minimum atomic E-state index is -2.68. The Morgan fingerprint density at radius 3 is 2.06 bits per heavy atom. The Morgan fingerprint density at radius 2 is 1.65 bits per heavy atom. The first kappa shape index (κ1) is 14.4. The van der Waals surface area contributed by atoms with E-state index in [2.05, 4.69) is 15.9 Å². The Morgan fingerprint density at radius 1 is 1.12 bits per heavy atom. The SMILES string of the molecule is CC(=O)OI(OC(C)=O)c1cc(C)cc(Br)c1. The number of hydrogen-bond acceptors (Lipinski definition) is 4. The third-order valence-electron chi connectivity index (χ3n) is 1.54. The van der Waals surface area contributed by atoms with Gasteiger partial charge in [-0.3, -0.25) is 0 Å². The summed E-state index contributed by atoms with van der Waals surface area (Å²) in [5.74, 6) is -0.872. The van der Waals surface area contributed by atoms with Crippen molar-refractivity contribution in [3.63, 3.8) is 0 Å². The van der Waals surface area contributed by atoms with Crippen molar-refractivity contribution in [2.75, 3.05) is 0 Å². The van der Waals surface area contributed by atoms with Crippen LogP contribution in [0.1, 0.15) is 19.4 Å². The van der Waals surface area contributed by atoms with Gasteiger partial charge in [0.05, 0.1) is 0 Å². The van der Waals surface area contributed by atoms with Gasteiger partial charge >= 0.3 is 117 Å². The van der Waals surface area contributed by atoms with Gasteiger partial charge in [-0.1, -0.05) is 0 Å². The number of aryl methyl sites for hydroxylation is 1. The second kappa shape index (κ2) is 6.34. The first-order valence-corrected chi connectivity index (χ1v) is 8.37. The molecule has 0 saturated carbocycles. The zero-order valence-corrected chi connectivity index (χ0v) is 13.4. The minimum absolute atomic E-state index is 0.436. The first-order valence-electron chi connectivity index (χ1n) is 4.74. The van der Waals surface area contributed by atoms with Gasteiger partial charge in [-0.25, -0.2) is 0 Å². The molecule has 0 atom stereocenters. The molecule has 0 amide bonds. The second-order valence-electron chi connectivity index (χ2n) is 3.30. The Balaban J connectivity index is 3.02. The van der Waals surface area contributed by atoms with E-state index in [-0.39, 0.29) is 0 Å². The summed E-state index contributed by atoms with van der Waals surface area (Å²) in [6, 6.07) is 5.60. The van der Waals surface area contributed by atoms with E-state index in [9.17, 15) is 9.59 Å². The number of halogens is 2. The van der Waals surface area contributed by atoms with Gasteiger partial charge in [-0.15, -0.1) is 0 Å². The molecule has 0 fully saturated rings. The maximum absolute atomic E-state index is 11.0. The predicted octanol–water partition coefficient (Wildman–Crippen LogP) is 3.39. The summed E-state index contributed by atoms with van der Waals surface area (Å²) in [5, 5.41) is 0. The monoisotopic (exact) mass is 414 g/mol. The van der Waals surface area contributed by atoms with Crippen molar-refractivity contribution in [1.82, 2.24) is 0 Å². The van der Waals surface area contributed by atoms with E-state index in [1.165, 1.54) is 13.8 Å². The molecule has 94 valence electrons. The van der Waals surface area contributed by atoms with Crippen molar-refractivity contribution in [3.05, 3.63) is 31.8 Å². The fourth-order valence-corrected chi connectivity index (χ4v) is 5.18. The van der Waals surface area contributed by atoms with E-state index in [4.69, 9.17) is 6.13 Å². The fraction of sp³-hybridized carbons (Fsp3) is 0.273. The molecule has 0 aliphatic rings. The molecule has 0 heterocycles. The molecule has 0 unspecified atom stereocenters. The van der Waals surface area contributed by atoms with E-state index >= 15 is 0 Å². The van der Waals surface area contributed by atoms with Crippen molar-refractivity contribution >= 4 is 48.5 Å². The average Bonchev–Trinajstić information content (AvgIpc) is 2.13. The van der Waals surface area contributed by atoms with Crippen LogP contribution < -0.4 is 0 Å². The standard InChI is InChI=1S/C11H12BrIO4/c1-7-4-10(12)6-11(5-7)13(16-8(2)14)17-9(3)15/h4-6H,1-3H3. The van der Waals surface area contributed by atoms with Crippen LogP contribution in [0.3, 0.4) is 0 Å². The van der Waals surface area contributed by atoms with Gasteiger partial charge in [-0.05, 0) is 0 Å². The van der Waals surface area contributed by atoms with Crippen molar-refractivity contribution in [3.8, 4) is 0 Å². The summed E-state index contributed by atoms with van der Waals surface area (Å²) in [6.07, 6.45) is 0. The summed E-state index contributed by atoms with van der Waals surface area (Å²) in [4.78, 5) is 22.0. The molecule has 4 nitrogen and oxygen atoms in total. The van der Waals surface area contributed by atoms with Crippen LogP contribution in [0, 0.1) is 10.5 Å². The Bertz CT molecular complexity index is 411. The molecule has 0 N–H and O–H groups in total. The Hall–Kier alpha value is -0.630. The van der Waals surface area contributed by atoms with Crippen LogP contribution in [0.2, 0.25) is 0 Å². The average molecular weight is 415 g/mol. The van der Waals surface area contributed by atoms with Crippen LogP contribution >= 0.6 is 36.6 Å². The van der Waals surface area contributed by atoms with E-state index in [0.29, 0.717) is 0 Å². The van der Waals surface area contributed by atoms with E-state index < -0.39 is 32.6 Å². The van der Waals surface area contributed by atoms with E-state index in [0.717, 1.165) is 13.6 Å². The second-order valence-corrected chi connectivity index (χ2v) is 7.58. The number of carbonyl (C=O) groups excluding carboxylic acids is 2. The zero-order valence-electron chi connectivity index (χ0n) is 9.62. The van der Waals surface area contributed by atoms with Gasteiger partial charge in [0.15, 0.2) is 0 Å². The summed E-state index contributed by atoms with van der Waals surface area (Å²) >= 11 is 0.674. The quantitative estimate of drug-likeness (QED) is 0.711. The van der Waals surface area contributed by atoms with Gasteiger partial charge in [-0.2, -0.15) is 0 Å². The molecule has 0 spiro atoms. The molecule has 1 aromatic carbocycles. The van der Waals surface area contributed by atoms with Gasteiger partial charge in [0, 0.05) is 0 Å². The summed E-state index contributed by atoms with van der Waals surface area (Å²) in [7, 11) is 0. The molecule has 1 rings (SSSR count). The van der Waals surface area contributed by atoms with Crippen molar-refractivity contribution < 1.29 is 15.7 Å². The number of benzene rings is 1. The molecule has 0 aliphatic carbocycles. The van der Waals surface area contributed by atoms with Gasteiger partial charge in [0.25, 0.3) is 0 Å². The van der Waals surface area contributed by atoms with Crippen molar-refractivity contribution in [2.45, 2.75) is 20.8 Å². The van der Waals surface area contributed by atoms with Crippen LogP contribution in [0.15, 0.2) is 22.7 Å². The molecular formula is C11H12BrIO4. The molecular weight excluding hydrogens is 403 g/mol. The van der Waals surface area contributed by atoms with Crippen LogP contribution in [0.5, 0.6) is 0 Å². The molecule has 0 aromatic heterocycles. The van der Waals surface area contributed by atoms with Crippen molar-refractivity contribution in [2.24, 2.45) is 0 Å². The maximum atomic E-state index is 11.0. The topological polar surface area (TPSA) is 52.6 Å².